The van der Waals surface area contributed by atoms with Crippen molar-refractivity contribution in [1.29, 1.82) is 0 Å². The highest BCUT2D eigenvalue weighted by molar-refractivity contribution is 5.74. The number of nitro groups is 1. The number of aromatic nitrogens is 3. The number of nitrogens with zero attached hydrogens (tertiary/aromatic N) is 5. The van der Waals surface area contributed by atoms with Crippen molar-refractivity contribution < 1.29 is 9.66 Å². The zero-order valence-electron chi connectivity index (χ0n) is 16.1. The van der Waals surface area contributed by atoms with E-state index in [0.29, 0.717) is 31.9 Å². The number of nitrogens with one attached hydrogen (secondary N) is 1. The third-order valence-electron chi connectivity index (χ3n) is 4.17. The van der Waals surface area contributed by atoms with Gasteiger partial charge in [-0.05, 0) is 24.1 Å². The van der Waals surface area contributed by atoms with Gasteiger partial charge in [0.2, 0.25) is 11.6 Å². The van der Waals surface area contributed by atoms with Gasteiger partial charge in [-0.2, -0.15) is 0 Å². The largest absolute Gasteiger partial charge is 0.385 e. The highest BCUT2D eigenvalue weighted by Crippen LogP contribution is 2.36. The van der Waals surface area contributed by atoms with Crippen LogP contribution >= 0.6 is 0 Å². The van der Waals surface area contributed by atoms with Gasteiger partial charge < -0.3 is 15.0 Å². The predicted molar refractivity (Wildman–Crippen MR) is 110 cm³/mol. The molecule has 0 saturated carbocycles. The van der Waals surface area contributed by atoms with E-state index < -0.39 is 4.92 Å². The Morgan fingerprint density at radius 3 is 2.59 bits per heavy atom. The average molecular weight is 394 g/mol. The number of methoxy groups -OCH3 is 1. The van der Waals surface area contributed by atoms with E-state index in [0.717, 1.165) is 5.56 Å². The summed E-state index contributed by atoms with van der Waals surface area (Å²) >= 11 is 0. The zero-order valence-corrected chi connectivity index (χ0v) is 16.1. The average Bonchev–Trinajstić information content (AvgIpc) is 2.76. The van der Waals surface area contributed by atoms with Gasteiger partial charge in [0, 0.05) is 26.5 Å². The Kier molecular flexibility index (Phi) is 7.01. The molecule has 3 rings (SSSR count). The van der Waals surface area contributed by atoms with E-state index in [1.807, 2.05) is 36.4 Å². The van der Waals surface area contributed by atoms with Crippen molar-refractivity contribution in [2.24, 2.45) is 0 Å². The van der Waals surface area contributed by atoms with E-state index >= 15 is 0 Å². The maximum atomic E-state index is 11.9. The monoisotopic (exact) mass is 394 g/mol. The highest BCUT2D eigenvalue weighted by Gasteiger charge is 2.28. The number of ether oxygens (including phenoxy) is 1. The lowest BCUT2D eigenvalue weighted by molar-refractivity contribution is -0.383. The molecule has 0 radical (unpaired) electrons. The van der Waals surface area contributed by atoms with Gasteiger partial charge in [-0.3, -0.25) is 10.1 Å². The molecule has 29 heavy (non-hydrogen) atoms. The summed E-state index contributed by atoms with van der Waals surface area (Å²) in [6, 6.07) is 15.1. The van der Waals surface area contributed by atoms with Crippen LogP contribution in [0.2, 0.25) is 0 Å². The molecule has 0 bridgehead atoms. The van der Waals surface area contributed by atoms with Crippen molar-refractivity contribution in [2.45, 2.75) is 13.0 Å². The lowest BCUT2D eigenvalue weighted by Crippen LogP contribution is -2.21. The molecule has 9 nitrogen and oxygen atoms in total. The quantitative estimate of drug-likeness (QED) is 0.316. The van der Waals surface area contributed by atoms with Gasteiger partial charge in [0.1, 0.15) is 12.1 Å². The van der Waals surface area contributed by atoms with Crippen LogP contribution in [0.25, 0.3) is 0 Å². The SMILES string of the molecule is COCCCNc1ncnc(N(Cc2ccccc2)c2ccccn2)c1[N+](=O)[O-]. The summed E-state index contributed by atoms with van der Waals surface area (Å²) in [5, 5.41) is 15.0. The number of rotatable bonds is 10. The Hall–Kier alpha value is -3.59. The molecule has 0 amide bonds. The minimum absolute atomic E-state index is 0.171. The van der Waals surface area contributed by atoms with Crippen molar-refractivity contribution in [3.05, 3.63) is 76.7 Å². The van der Waals surface area contributed by atoms with Gasteiger partial charge in [-0.1, -0.05) is 36.4 Å². The van der Waals surface area contributed by atoms with Crippen LogP contribution in [0.15, 0.2) is 61.1 Å². The van der Waals surface area contributed by atoms with Crippen molar-refractivity contribution in [3.63, 3.8) is 0 Å². The van der Waals surface area contributed by atoms with E-state index in [-0.39, 0.29) is 17.3 Å². The van der Waals surface area contributed by atoms with Crippen LogP contribution in [0.4, 0.5) is 23.1 Å². The highest BCUT2D eigenvalue weighted by atomic mass is 16.6. The van der Waals surface area contributed by atoms with Crippen LogP contribution < -0.4 is 10.2 Å². The Morgan fingerprint density at radius 1 is 1.10 bits per heavy atom. The topological polar surface area (TPSA) is 106 Å². The summed E-state index contributed by atoms with van der Waals surface area (Å²) in [6.07, 6.45) is 3.66. The second-order valence-corrected chi connectivity index (χ2v) is 6.18. The smallest absolute Gasteiger partial charge is 0.353 e. The van der Waals surface area contributed by atoms with Gasteiger partial charge in [0.05, 0.1) is 11.5 Å². The molecule has 2 aromatic heterocycles. The maximum Gasteiger partial charge on any atom is 0.353 e. The first-order valence-corrected chi connectivity index (χ1v) is 9.15. The summed E-state index contributed by atoms with van der Waals surface area (Å²) in [6.45, 7) is 1.42. The first-order valence-electron chi connectivity index (χ1n) is 9.15. The molecule has 0 aliphatic rings. The minimum Gasteiger partial charge on any atom is -0.385 e. The molecule has 0 aliphatic heterocycles. The number of benzene rings is 1. The van der Waals surface area contributed by atoms with Crippen molar-refractivity contribution in [1.82, 2.24) is 15.0 Å². The van der Waals surface area contributed by atoms with Crippen LogP contribution in [-0.2, 0) is 11.3 Å². The van der Waals surface area contributed by atoms with Crippen LogP contribution in [-0.4, -0.2) is 40.1 Å². The fourth-order valence-corrected chi connectivity index (χ4v) is 2.83. The molecule has 2 heterocycles. The summed E-state index contributed by atoms with van der Waals surface area (Å²) < 4.78 is 5.02. The van der Waals surface area contributed by atoms with E-state index in [2.05, 4.69) is 20.3 Å². The molecule has 0 saturated heterocycles. The Bertz CT molecular complexity index is 924. The molecule has 1 N–H and O–H groups in total. The Balaban J connectivity index is 2.01. The van der Waals surface area contributed by atoms with E-state index in [1.54, 1.807) is 30.3 Å². The van der Waals surface area contributed by atoms with Gasteiger partial charge in [-0.15, -0.1) is 0 Å². The van der Waals surface area contributed by atoms with Crippen LogP contribution in [0.1, 0.15) is 12.0 Å². The summed E-state index contributed by atoms with van der Waals surface area (Å²) in [5.74, 6) is 0.912. The molecule has 1 aromatic carbocycles. The fourth-order valence-electron chi connectivity index (χ4n) is 2.83. The molecule has 0 atom stereocenters. The summed E-state index contributed by atoms with van der Waals surface area (Å²) in [7, 11) is 1.61. The van der Waals surface area contributed by atoms with E-state index in [9.17, 15) is 10.1 Å². The van der Waals surface area contributed by atoms with Gasteiger partial charge in [0.15, 0.2) is 0 Å². The molecular formula is C20H22N6O3. The Morgan fingerprint density at radius 2 is 1.90 bits per heavy atom. The number of anilines is 3. The lowest BCUT2D eigenvalue weighted by atomic mass is 10.2. The molecule has 9 heteroatoms. The number of pyridine rings is 1. The lowest BCUT2D eigenvalue weighted by Gasteiger charge is -2.23. The first-order chi connectivity index (χ1) is 14.2. The van der Waals surface area contributed by atoms with E-state index in [1.165, 1.54) is 6.33 Å². The molecule has 0 spiro atoms. The first kappa shape index (κ1) is 20.2. The van der Waals surface area contributed by atoms with Gasteiger partial charge >= 0.3 is 5.69 Å². The van der Waals surface area contributed by atoms with Crippen molar-refractivity contribution >= 4 is 23.1 Å². The molecule has 0 aliphatic carbocycles. The number of hydrogen-bond donors (Lipinski definition) is 1. The molecule has 3 aromatic rings. The molecular weight excluding hydrogens is 372 g/mol. The minimum atomic E-state index is -0.463. The van der Waals surface area contributed by atoms with E-state index in [4.69, 9.17) is 4.74 Å². The van der Waals surface area contributed by atoms with Crippen molar-refractivity contribution in [2.75, 3.05) is 30.5 Å². The second kappa shape index (κ2) is 10.1. The zero-order chi connectivity index (χ0) is 20.5. The van der Waals surface area contributed by atoms with Crippen LogP contribution in [0.3, 0.4) is 0 Å². The Labute approximate surface area is 168 Å². The van der Waals surface area contributed by atoms with Crippen molar-refractivity contribution in [3.8, 4) is 0 Å². The van der Waals surface area contributed by atoms with Gasteiger partial charge in [-0.25, -0.2) is 15.0 Å². The third kappa shape index (κ3) is 5.23. The standard InChI is InChI=1S/C20H22N6O3/c1-29-13-7-12-22-19-18(26(27)28)20(24-15-23-19)25(17-10-5-6-11-21-17)14-16-8-3-2-4-9-16/h2-6,8-11,15H,7,12-14H2,1H3,(H,22,23,24). The third-order valence-corrected chi connectivity index (χ3v) is 4.17. The molecule has 0 fully saturated rings. The van der Waals surface area contributed by atoms with Crippen LogP contribution in [0.5, 0.6) is 0 Å². The number of hydrogen-bond acceptors (Lipinski definition) is 8. The van der Waals surface area contributed by atoms with Crippen LogP contribution in [0, 0.1) is 10.1 Å². The second-order valence-electron chi connectivity index (χ2n) is 6.18. The summed E-state index contributed by atoms with van der Waals surface area (Å²) in [4.78, 5) is 25.9. The van der Waals surface area contributed by atoms with Gasteiger partial charge in [0.25, 0.3) is 0 Å². The predicted octanol–water partition coefficient (Wildman–Crippen LogP) is 3.57. The normalized spacial score (nSPS) is 10.5. The fraction of sp³-hybridized carbons (Fsp3) is 0.250. The molecule has 150 valence electrons. The molecule has 0 unspecified atom stereocenters. The summed E-state index contributed by atoms with van der Waals surface area (Å²) in [5.41, 5.74) is 0.784. The maximum absolute atomic E-state index is 11.9.